The number of hydrogen-bond acceptors (Lipinski definition) is 6. The molecule has 146 valence electrons. The molecule has 1 fully saturated rings. The molecule has 2 aromatic heterocycles. The van der Waals surface area contributed by atoms with E-state index in [-0.39, 0.29) is 45.0 Å². The normalized spacial score (nSPS) is 13.7. The topological polar surface area (TPSA) is 108 Å². The number of ether oxygens (including phenoxy) is 1. The van der Waals surface area contributed by atoms with Crippen LogP contribution in [0.1, 0.15) is 40.4 Å². The Labute approximate surface area is 169 Å². The predicted molar refractivity (Wildman–Crippen MR) is 101 cm³/mol. The third kappa shape index (κ3) is 3.43. The van der Waals surface area contributed by atoms with Crippen LogP contribution in [0.4, 0.5) is 0 Å². The highest BCUT2D eigenvalue weighted by Gasteiger charge is 2.34. The molecule has 0 radical (unpaired) electrons. The van der Waals surface area contributed by atoms with Crippen LogP contribution in [-0.2, 0) is 13.6 Å². The van der Waals surface area contributed by atoms with Crippen LogP contribution < -0.4 is 10.3 Å². The Hall–Kier alpha value is -2.65. The maximum Gasteiger partial charge on any atom is 0.277 e. The van der Waals surface area contributed by atoms with Crippen LogP contribution in [0.5, 0.6) is 5.75 Å². The standard InChI is InChI=1S/C17H16Cl2N6O3/c1-24-17(27)12(14(21-24)9-2-3-9)15(26)10-4-5-11(18)16(13(10)19)28-7-6-25-8-20-22-23-25/h4-5,8-9,21H,2-3,6-7H2,1H3. The van der Waals surface area contributed by atoms with E-state index in [9.17, 15) is 9.59 Å². The average Bonchev–Trinajstić information content (AvgIpc) is 3.30. The molecular formula is C17H16Cl2N6O3. The summed E-state index contributed by atoms with van der Waals surface area (Å²) in [6.45, 7) is 0.573. The lowest BCUT2D eigenvalue weighted by molar-refractivity contribution is 0.103. The molecule has 1 N–H and O–H groups in total. The highest BCUT2D eigenvalue weighted by Crippen LogP contribution is 2.41. The number of nitrogens with one attached hydrogen (secondary N) is 1. The van der Waals surface area contributed by atoms with E-state index in [1.54, 1.807) is 7.05 Å². The number of rotatable bonds is 7. The molecule has 1 aromatic carbocycles. The van der Waals surface area contributed by atoms with E-state index in [4.69, 9.17) is 27.9 Å². The van der Waals surface area contributed by atoms with Crippen LogP contribution in [0, 0.1) is 0 Å². The quantitative estimate of drug-likeness (QED) is 0.584. The van der Waals surface area contributed by atoms with Gasteiger partial charge in [0.05, 0.1) is 22.3 Å². The molecule has 0 amide bonds. The first-order valence-electron chi connectivity index (χ1n) is 8.62. The number of aromatic amines is 1. The molecule has 0 atom stereocenters. The Bertz CT molecular complexity index is 1090. The zero-order valence-electron chi connectivity index (χ0n) is 14.9. The smallest absolute Gasteiger partial charge is 0.277 e. The number of ketones is 1. The van der Waals surface area contributed by atoms with Crippen LogP contribution in [-0.4, -0.2) is 42.4 Å². The maximum absolute atomic E-state index is 13.1. The van der Waals surface area contributed by atoms with E-state index >= 15 is 0 Å². The fourth-order valence-electron chi connectivity index (χ4n) is 2.96. The monoisotopic (exact) mass is 422 g/mol. The number of carbonyl (C=O) groups excluding carboxylic acids is 1. The molecule has 3 aromatic rings. The lowest BCUT2D eigenvalue weighted by atomic mass is 10.0. The highest BCUT2D eigenvalue weighted by atomic mass is 35.5. The van der Waals surface area contributed by atoms with Crippen LogP contribution in [0.15, 0.2) is 23.3 Å². The first kappa shape index (κ1) is 18.7. The fraction of sp³-hybridized carbons (Fsp3) is 0.353. The van der Waals surface area contributed by atoms with Crippen molar-refractivity contribution in [1.29, 1.82) is 0 Å². The molecule has 0 unspecified atom stereocenters. The van der Waals surface area contributed by atoms with Crippen molar-refractivity contribution in [2.24, 2.45) is 7.05 Å². The van der Waals surface area contributed by atoms with Crippen molar-refractivity contribution < 1.29 is 9.53 Å². The predicted octanol–water partition coefficient (Wildman–Crippen LogP) is 2.19. The summed E-state index contributed by atoms with van der Waals surface area (Å²) in [6.07, 6.45) is 3.34. The summed E-state index contributed by atoms with van der Waals surface area (Å²) in [5.41, 5.74) is 0.569. The second-order valence-electron chi connectivity index (χ2n) is 6.53. The van der Waals surface area contributed by atoms with E-state index in [1.165, 1.54) is 27.8 Å². The van der Waals surface area contributed by atoms with Crippen molar-refractivity contribution in [3.05, 3.63) is 55.7 Å². The van der Waals surface area contributed by atoms with Crippen molar-refractivity contribution in [2.45, 2.75) is 25.3 Å². The zero-order valence-corrected chi connectivity index (χ0v) is 16.4. The molecule has 0 bridgehead atoms. The first-order valence-corrected chi connectivity index (χ1v) is 9.38. The van der Waals surface area contributed by atoms with E-state index in [0.717, 1.165) is 12.8 Å². The third-order valence-corrected chi connectivity index (χ3v) is 5.21. The SMILES string of the molecule is Cn1[nH]c(C2CC2)c(C(=O)c2ccc(Cl)c(OCCn3cnnn3)c2Cl)c1=O. The van der Waals surface area contributed by atoms with Gasteiger partial charge in [-0.05, 0) is 35.4 Å². The number of tetrazole rings is 1. The second-order valence-corrected chi connectivity index (χ2v) is 7.31. The molecule has 1 saturated carbocycles. The van der Waals surface area contributed by atoms with Gasteiger partial charge in [-0.3, -0.25) is 19.4 Å². The maximum atomic E-state index is 13.1. The summed E-state index contributed by atoms with van der Waals surface area (Å²) in [5, 5.41) is 14.1. The molecule has 28 heavy (non-hydrogen) atoms. The summed E-state index contributed by atoms with van der Waals surface area (Å²) in [4.78, 5) is 25.6. The van der Waals surface area contributed by atoms with Crippen LogP contribution >= 0.6 is 23.2 Å². The van der Waals surface area contributed by atoms with Gasteiger partial charge in [0.1, 0.15) is 18.5 Å². The minimum absolute atomic E-state index is 0.0687. The number of H-pyrrole nitrogens is 1. The van der Waals surface area contributed by atoms with Gasteiger partial charge in [-0.2, -0.15) is 0 Å². The molecule has 11 heteroatoms. The number of halogens is 2. The third-order valence-electron chi connectivity index (χ3n) is 4.54. The minimum atomic E-state index is -0.448. The summed E-state index contributed by atoms with van der Waals surface area (Å²) >= 11 is 12.6. The number of carbonyl (C=O) groups is 1. The van der Waals surface area contributed by atoms with Crippen molar-refractivity contribution in [3.8, 4) is 5.75 Å². The molecule has 1 aliphatic rings. The van der Waals surface area contributed by atoms with E-state index in [2.05, 4.69) is 20.6 Å². The Morgan fingerprint density at radius 1 is 1.36 bits per heavy atom. The molecule has 1 aliphatic carbocycles. The van der Waals surface area contributed by atoms with Crippen LogP contribution in [0.3, 0.4) is 0 Å². The van der Waals surface area contributed by atoms with Gasteiger partial charge in [-0.15, -0.1) is 5.10 Å². The summed E-state index contributed by atoms with van der Waals surface area (Å²) in [5.74, 6) is -0.0655. The van der Waals surface area contributed by atoms with Crippen molar-refractivity contribution in [1.82, 2.24) is 30.0 Å². The number of aromatic nitrogens is 6. The number of aryl methyl sites for hydroxylation is 1. The Morgan fingerprint density at radius 3 is 2.82 bits per heavy atom. The highest BCUT2D eigenvalue weighted by molar-refractivity contribution is 6.40. The number of benzene rings is 1. The second kappa shape index (κ2) is 7.40. The zero-order chi connectivity index (χ0) is 19.8. The minimum Gasteiger partial charge on any atom is -0.488 e. The van der Waals surface area contributed by atoms with Crippen molar-refractivity contribution >= 4 is 29.0 Å². The molecule has 2 heterocycles. The lowest BCUT2D eigenvalue weighted by Crippen LogP contribution is -2.20. The van der Waals surface area contributed by atoms with Gasteiger partial charge < -0.3 is 4.74 Å². The molecule has 9 nitrogen and oxygen atoms in total. The largest absolute Gasteiger partial charge is 0.488 e. The Kier molecular flexibility index (Phi) is 4.94. The van der Waals surface area contributed by atoms with E-state index in [0.29, 0.717) is 12.2 Å². The lowest BCUT2D eigenvalue weighted by Gasteiger charge is -2.12. The average molecular weight is 423 g/mol. The van der Waals surface area contributed by atoms with E-state index < -0.39 is 5.78 Å². The Morgan fingerprint density at radius 2 is 2.14 bits per heavy atom. The van der Waals surface area contributed by atoms with Gasteiger partial charge in [0.25, 0.3) is 5.56 Å². The van der Waals surface area contributed by atoms with Gasteiger partial charge >= 0.3 is 0 Å². The van der Waals surface area contributed by atoms with Gasteiger partial charge in [0, 0.05) is 18.5 Å². The molecule has 4 rings (SSSR count). The Balaban J connectivity index is 1.63. The summed E-state index contributed by atoms with van der Waals surface area (Å²) in [7, 11) is 1.59. The number of nitrogens with zero attached hydrogens (tertiary/aromatic N) is 5. The van der Waals surface area contributed by atoms with Gasteiger partial charge in [-0.1, -0.05) is 23.2 Å². The molecular weight excluding hydrogens is 407 g/mol. The fourth-order valence-corrected chi connectivity index (χ4v) is 3.52. The molecule has 0 spiro atoms. The molecule has 0 aliphatic heterocycles. The molecule has 0 saturated heterocycles. The van der Waals surface area contributed by atoms with Gasteiger partial charge in [-0.25, -0.2) is 4.68 Å². The summed E-state index contributed by atoms with van der Waals surface area (Å²) < 4.78 is 8.47. The van der Waals surface area contributed by atoms with Gasteiger partial charge in [0.2, 0.25) is 5.78 Å². The van der Waals surface area contributed by atoms with Crippen LogP contribution in [0.2, 0.25) is 10.0 Å². The van der Waals surface area contributed by atoms with Crippen molar-refractivity contribution in [2.75, 3.05) is 6.61 Å². The summed E-state index contributed by atoms with van der Waals surface area (Å²) in [6, 6.07) is 3.03. The van der Waals surface area contributed by atoms with Gasteiger partial charge in [0.15, 0.2) is 5.75 Å². The first-order chi connectivity index (χ1) is 13.5. The van der Waals surface area contributed by atoms with Crippen molar-refractivity contribution in [3.63, 3.8) is 0 Å². The number of hydrogen-bond donors (Lipinski definition) is 1. The van der Waals surface area contributed by atoms with E-state index in [1.807, 2.05) is 0 Å². The van der Waals surface area contributed by atoms with Crippen LogP contribution in [0.25, 0.3) is 0 Å².